The lowest BCUT2D eigenvalue weighted by Crippen LogP contribution is -2.73. The molecule has 1 N–H and O–H groups in total. The van der Waals surface area contributed by atoms with Crippen LogP contribution >= 0.6 is 0 Å². The SMILES string of the molecule is Cc1cc(C23CC(Nc4nc5n(n4)CCCC[C@H]5c4ccc(F)c(F)c4F)(C2)C3)ncn1. The molecule has 0 spiro atoms. The average molecular weight is 440 g/mol. The summed E-state index contributed by atoms with van der Waals surface area (Å²) in [6, 6.07) is 4.36. The Labute approximate surface area is 183 Å². The first-order valence-corrected chi connectivity index (χ1v) is 11.0. The Hall–Kier alpha value is -2.97. The zero-order valence-electron chi connectivity index (χ0n) is 17.7. The second-order valence-electron chi connectivity index (χ2n) is 9.59. The van der Waals surface area contributed by atoms with E-state index in [9.17, 15) is 13.2 Å². The third-order valence-corrected chi connectivity index (χ3v) is 7.32. The Morgan fingerprint density at radius 2 is 1.88 bits per heavy atom. The molecular formula is C23H23F3N6. The number of benzene rings is 1. The summed E-state index contributed by atoms with van der Waals surface area (Å²) in [6.07, 6.45) is 6.82. The predicted molar refractivity (Wildman–Crippen MR) is 111 cm³/mol. The van der Waals surface area contributed by atoms with Crippen LogP contribution in [0.4, 0.5) is 19.1 Å². The molecule has 0 saturated heterocycles. The summed E-state index contributed by atoms with van der Waals surface area (Å²) in [5.74, 6) is -3.10. The van der Waals surface area contributed by atoms with E-state index in [2.05, 4.69) is 26.4 Å². The van der Waals surface area contributed by atoms with Crippen molar-refractivity contribution in [2.45, 2.75) is 68.9 Å². The standard InChI is InChI=1S/C23H23F3N6/c1-13-8-17(28-12-27-13)22-9-23(10-22,11-22)30-21-29-20-15(4-2-3-7-32(20)31-21)14-5-6-16(24)19(26)18(14)25/h5-6,8,12,15H,2-4,7,9-11H2,1H3,(H,30,31)/t15-,22?,23?/m0/s1. The van der Waals surface area contributed by atoms with Crippen molar-refractivity contribution in [3.8, 4) is 0 Å². The molecule has 2 aromatic heterocycles. The number of nitrogens with zero attached hydrogens (tertiary/aromatic N) is 5. The van der Waals surface area contributed by atoms with E-state index in [1.54, 1.807) is 11.0 Å². The quantitative estimate of drug-likeness (QED) is 0.610. The van der Waals surface area contributed by atoms with Crippen molar-refractivity contribution in [3.05, 3.63) is 64.8 Å². The molecule has 1 aliphatic heterocycles. The second-order valence-corrected chi connectivity index (χ2v) is 9.59. The maximum Gasteiger partial charge on any atom is 0.242 e. The largest absolute Gasteiger partial charge is 0.347 e. The molecular weight excluding hydrogens is 417 g/mol. The van der Waals surface area contributed by atoms with Crippen LogP contribution in [0.5, 0.6) is 0 Å². The summed E-state index contributed by atoms with van der Waals surface area (Å²) in [4.78, 5) is 13.4. The molecule has 9 heteroatoms. The van der Waals surface area contributed by atoms with Crippen LogP contribution < -0.4 is 5.32 Å². The van der Waals surface area contributed by atoms with Crippen molar-refractivity contribution in [2.24, 2.45) is 0 Å². The topological polar surface area (TPSA) is 68.5 Å². The highest BCUT2D eigenvalue weighted by Gasteiger charge is 2.69. The highest BCUT2D eigenvalue weighted by molar-refractivity contribution is 5.47. The van der Waals surface area contributed by atoms with Crippen LogP contribution in [0.2, 0.25) is 0 Å². The number of aryl methyl sites for hydroxylation is 2. The number of fused-ring (bicyclic) bond motifs is 1. The van der Waals surface area contributed by atoms with E-state index >= 15 is 0 Å². The Kier molecular flexibility index (Phi) is 4.16. The summed E-state index contributed by atoms with van der Waals surface area (Å²) in [7, 11) is 0. The third-order valence-electron chi connectivity index (χ3n) is 7.32. The Balaban J connectivity index is 1.25. The molecule has 1 atom stereocenters. The second kappa shape index (κ2) is 6.76. The van der Waals surface area contributed by atoms with Gasteiger partial charge in [-0.3, -0.25) is 0 Å². The number of hydrogen-bond donors (Lipinski definition) is 1. The fraction of sp³-hybridized carbons (Fsp3) is 0.478. The zero-order chi connectivity index (χ0) is 22.1. The summed E-state index contributed by atoms with van der Waals surface area (Å²) in [6.45, 7) is 2.64. The van der Waals surface area contributed by atoms with Gasteiger partial charge in [-0.15, -0.1) is 5.10 Å². The van der Waals surface area contributed by atoms with Gasteiger partial charge in [-0.1, -0.05) is 12.5 Å². The van der Waals surface area contributed by atoms with Gasteiger partial charge in [0, 0.05) is 34.7 Å². The zero-order valence-corrected chi connectivity index (χ0v) is 17.7. The van der Waals surface area contributed by atoms with Crippen molar-refractivity contribution < 1.29 is 13.2 Å². The van der Waals surface area contributed by atoms with Crippen LogP contribution in [0, 0.1) is 24.4 Å². The van der Waals surface area contributed by atoms with Gasteiger partial charge in [0.2, 0.25) is 5.95 Å². The number of hydrogen-bond acceptors (Lipinski definition) is 5. The normalized spacial score (nSPS) is 28.3. The van der Waals surface area contributed by atoms with Gasteiger partial charge in [-0.25, -0.2) is 27.8 Å². The molecule has 32 heavy (non-hydrogen) atoms. The summed E-state index contributed by atoms with van der Waals surface area (Å²) in [5.41, 5.74) is 2.26. The number of rotatable bonds is 4. The maximum atomic E-state index is 14.6. The molecule has 3 saturated carbocycles. The number of nitrogens with one attached hydrogen (secondary N) is 1. The molecule has 3 aromatic rings. The minimum atomic E-state index is -1.43. The fourth-order valence-corrected chi connectivity index (χ4v) is 5.85. The highest BCUT2D eigenvalue weighted by atomic mass is 19.2. The molecule has 2 bridgehead atoms. The predicted octanol–water partition coefficient (Wildman–Crippen LogP) is 4.40. The van der Waals surface area contributed by atoms with E-state index in [4.69, 9.17) is 4.98 Å². The van der Waals surface area contributed by atoms with Crippen molar-refractivity contribution in [1.29, 1.82) is 0 Å². The highest BCUT2D eigenvalue weighted by Crippen LogP contribution is 2.68. The fourth-order valence-electron chi connectivity index (χ4n) is 5.85. The molecule has 3 fully saturated rings. The molecule has 6 nitrogen and oxygen atoms in total. The van der Waals surface area contributed by atoms with Crippen LogP contribution in [0.25, 0.3) is 0 Å². The monoisotopic (exact) mass is 440 g/mol. The number of anilines is 1. The van der Waals surface area contributed by atoms with E-state index in [1.807, 2.05) is 6.92 Å². The van der Waals surface area contributed by atoms with Crippen LogP contribution in [0.15, 0.2) is 24.5 Å². The van der Waals surface area contributed by atoms with Crippen molar-refractivity contribution in [1.82, 2.24) is 24.7 Å². The molecule has 7 rings (SSSR count). The van der Waals surface area contributed by atoms with Crippen LogP contribution in [-0.4, -0.2) is 30.3 Å². The molecule has 1 aromatic carbocycles. The molecule has 0 amide bonds. The first kappa shape index (κ1) is 19.7. The Morgan fingerprint density at radius 3 is 2.66 bits per heavy atom. The number of aromatic nitrogens is 5. The lowest BCUT2D eigenvalue weighted by Gasteiger charge is -2.70. The smallest absolute Gasteiger partial charge is 0.242 e. The molecule has 0 unspecified atom stereocenters. The molecule has 0 radical (unpaired) electrons. The van der Waals surface area contributed by atoms with E-state index in [-0.39, 0.29) is 16.5 Å². The van der Waals surface area contributed by atoms with Crippen molar-refractivity contribution in [2.75, 3.05) is 5.32 Å². The molecule has 166 valence electrons. The van der Waals surface area contributed by atoms with Crippen molar-refractivity contribution >= 4 is 5.95 Å². The summed E-state index contributed by atoms with van der Waals surface area (Å²) in [5, 5.41) is 8.14. The lowest BCUT2D eigenvalue weighted by molar-refractivity contribution is -0.0458. The van der Waals surface area contributed by atoms with Gasteiger partial charge in [-0.05, 0) is 51.2 Å². The van der Waals surface area contributed by atoms with E-state index in [0.717, 1.165) is 49.6 Å². The summed E-state index contributed by atoms with van der Waals surface area (Å²) >= 11 is 0. The molecule has 3 heterocycles. The molecule has 3 aliphatic carbocycles. The van der Waals surface area contributed by atoms with Gasteiger partial charge in [0.25, 0.3) is 0 Å². The minimum absolute atomic E-state index is 0.0465. The Bertz CT molecular complexity index is 1200. The first-order valence-electron chi connectivity index (χ1n) is 11.0. The third kappa shape index (κ3) is 2.86. The Morgan fingerprint density at radius 1 is 1.06 bits per heavy atom. The van der Waals surface area contributed by atoms with E-state index < -0.39 is 23.4 Å². The van der Waals surface area contributed by atoms with Crippen LogP contribution in [0.1, 0.15) is 67.2 Å². The minimum Gasteiger partial charge on any atom is -0.347 e. The average Bonchev–Trinajstić information content (AvgIpc) is 3.01. The lowest BCUT2D eigenvalue weighted by atomic mass is 9.38. The van der Waals surface area contributed by atoms with Gasteiger partial charge < -0.3 is 5.32 Å². The number of halogens is 3. The van der Waals surface area contributed by atoms with Gasteiger partial charge in [0.15, 0.2) is 17.5 Å². The molecule has 4 aliphatic rings. The van der Waals surface area contributed by atoms with E-state index in [0.29, 0.717) is 24.7 Å². The van der Waals surface area contributed by atoms with Crippen LogP contribution in [-0.2, 0) is 12.0 Å². The van der Waals surface area contributed by atoms with E-state index in [1.165, 1.54) is 6.07 Å². The summed E-state index contributed by atoms with van der Waals surface area (Å²) < 4.78 is 43.7. The van der Waals surface area contributed by atoms with Crippen molar-refractivity contribution in [3.63, 3.8) is 0 Å². The van der Waals surface area contributed by atoms with Gasteiger partial charge in [0.05, 0.1) is 5.69 Å². The van der Waals surface area contributed by atoms with Crippen LogP contribution in [0.3, 0.4) is 0 Å². The van der Waals surface area contributed by atoms with Gasteiger partial charge >= 0.3 is 0 Å². The van der Waals surface area contributed by atoms with Gasteiger partial charge in [-0.2, -0.15) is 4.98 Å². The van der Waals surface area contributed by atoms with Gasteiger partial charge in [0.1, 0.15) is 12.2 Å². The maximum absolute atomic E-state index is 14.6. The first-order chi connectivity index (χ1) is 15.4.